The lowest BCUT2D eigenvalue weighted by Crippen LogP contribution is -2.03. The molecule has 18 heavy (non-hydrogen) atoms. The Balaban J connectivity index is 2.85. The molecule has 0 aliphatic rings. The molecule has 0 amide bonds. The first-order chi connectivity index (χ1) is 8.54. The normalized spacial score (nSPS) is 9.28. The summed E-state index contributed by atoms with van der Waals surface area (Å²) in [6, 6.07) is 5.37. The Morgan fingerprint density at radius 1 is 1.39 bits per heavy atom. The molecule has 0 N–H and O–H groups in total. The van der Waals surface area contributed by atoms with E-state index in [1.807, 2.05) is 19.1 Å². The minimum atomic E-state index is -0.366. The summed E-state index contributed by atoms with van der Waals surface area (Å²) in [5.41, 5.74) is 2.11. The number of esters is 1. The fourth-order valence-corrected chi connectivity index (χ4v) is 1.65. The summed E-state index contributed by atoms with van der Waals surface area (Å²) in [7, 11) is 1.35. The fourth-order valence-electron chi connectivity index (χ4n) is 1.31. The lowest BCUT2D eigenvalue weighted by atomic mass is 10.1. The van der Waals surface area contributed by atoms with Gasteiger partial charge in [-0.15, -0.1) is 0 Å². The molecule has 94 valence electrons. The first-order valence-electron chi connectivity index (χ1n) is 5.36. The Bertz CT molecular complexity index is 524. The van der Waals surface area contributed by atoms with Crippen LogP contribution in [0.1, 0.15) is 28.4 Å². The Hall–Kier alpha value is -1.73. The van der Waals surface area contributed by atoms with E-state index in [4.69, 9.17) is 4.74 Å². The van der Waals surface area contributed by atoms with Crippen molar-refractivity contribution in [3.8, 4) is 11.8 Å². The van der Waals surface area contributed by atoms with Crippen molar-refractivity contribution in [3.05, 3.63) is 34.9 Å². The highest BCUT2D eigenvalue weighted by molar-refractivity contribution is 8.13. The summed E-state index contributed by atoms with van der Waals surface area (Å²) in [5.74, 6) is 5.88. The van der Waals surface area contributed by atoms with E-state index in [1.165, 1.54) is 14.0 Å². The molecular weight excluding hydrogens is 248 g/mol. The maximum Gasteiger partial charge on any atom is 0.338 e. The number of benzene rings is 1. The second kappa shape index (κ2) is 6.87. The van der Waals surface area contributed by atoms with Gasteiger partial charge in [0, 0.05) is 12.5 Å². The molecule has 0 bridgehead atoms. The van der Waals surface area contributed by atoms with Gasteiger partial charge in [0.1, 0.15) is 0 Å². The molecule has 0 unspecified atom stereocenters. The van der Waals surface area contributed by atoms with Crippen LogP contribution in [0.5, 0.6) is 0 Å². The van der Waals surface area contributed by atoms with Crippen molar-refractivity contribution in [1.82, 2.24) is 0 Å². The molecular formula is C14H14O3S. The SMILES string of the molecule is COC(=O)c1cc(C#CCSC(C)=O)ccc1C. The van der Waals surface area contributed by atoms with Crippen LogP contribution < -0.4 is 0 Å². The van der Waals surface area contributed by atoms with Gasteiger partial charge in [0.25, 0.3) is 0 Å². The van der Waals surface area contributed by atoms with E-state index in [0.29, 0.717) is 11.3 Å². The summed E-state index contributed by atoms with van der Waals surface area (Å²) in [6.07, 6.45) is 0. The van der Waals surface area contributed by atoms with Crippen molar-refractivity contribution in [2.75, 3.05) is 12.9 Å². The molecule has 1 aromatic rings. The van der Waals surface area contributed by atoms with E-state index in [0.717, 1.165) is 22.9 Å². The van der Waals surface area contributed by atoms with Crippen LogP contribution in [0.25, 0.3) is 0 Å². The number of thioether (sulfide) groups is 1. The lowest BCUT2D eigenvalue weighted by molar-refractivity contribution is -0.109. The van der Waals surface area contributed by atoms with Gasteiger partial charge in [0.05, 0.1) is 18.4 Å². The second-order valence-corrected chi connectivity index (χ2v) is 4.76. The summed E-state index contributed by atoms with van der Waals surface area (Å²) < 4.78 is 4.69. The average Bonchev–Trinajstić information content (AvgIpc) is 2.35. The summed E-state index contributed by atoms with van der Waals surface area (Å²) >= 11 is 1.16. The molecule has 0 fully saturated rings. The largest absolute Gasteiger partial charge is 0.465 e. The summed E-state index contributed by atoms with van der Waals surface area (Å²) in [4.78, 5) is 22.2. The number of ether oxygens (including phenoxy) is 1. The summed E-state index contributed by atoms with van der Waals surface area (Å²) in [6.45, 7) is 3.35. The monoisotopic (exact) mass is 262 g/mol. The van der Waals surface area contributed by atoms with Crippen LogP contribution in [0, 0.1) is 18.8 Å². The Morgan fingerprint density at radius 3 is 2.72 bits per heavy atom. The van der Waals surface area contributed by atoms with Crippen LogP contribution in [0.4, 0.5) is 0 Å². The molecule has 1 rings (SSSR count). The quantitative estimate of drug-likeness (QED) is 0.606. The lowest BCUT2D eigenvalue weighted by Gasteiger charge is -2.03. The fraction of sp³-hybridized carbons (Fsp3) is 0.286. The van der Waals surface area contributed by atoms with Gasteiger partial charge in [-0.05, 0) is 24.6 Å². The first kappa shape index (κ1) is 14.3. The number of carbonyl (C=O) groups is 2. The predicted octanol–water partition coefficient (Wildman–Crippen LogP) is 2.41. The zero-order valence-corrected chi connectivity index (χ0v) is 11.4. The van der Waals surface area contributed by atoms with Crippen LogP contribution in [0.3, 0.4) is 0 Å². The van der Waals surface area contributed by atoms with Crippen molar-refractivity contribution >= 4 is 22.8 Å². The number of carbonyl (C=O) groups excluding carboxylic acids is 2. The van der Waals surface area contributed by atoms with Gasteiger partial charge < -0.3 is 4.74 Å². The molecule has 0 saturated carbocycles. The van der Waals surface area contributed by atoms with E-state index in [2.05, 4.69) is 11.8 Å². The maximum atomic E-state index is 11.5. The minimum Gasteiger partial charge on any atom is -0.465 e. The molecule has 0 atom stereocenters. The number of hydrogen-bond donors (Lipinski definition) is 0. The van der Waals surface area contributed by atoms with Crippen LogP contribution >= 0.6 is 11.8 Å². The smallest absolute Gasteiger partial charge is 0.338 e. The summed E-state index contributed by atoms with van der Waals surface area (Å²) in [5, 5.41) is 0.0449. The van der Waals surface area contributed by atoms with Gasteiger partial charge in [-0.25, -0.2) is 4.79 Å². The topological polar surface area (TPSA) is 43.4 Å². The van der Waals surface area contributed by atoms with Gasteiger partial charge in [-0.3, -0.25) is 4.79 Å². The standard InChI is InChI=1S/C14H14O3S/c1-10-6-7-12(5-4-8-18-11(2)15)9-13(10)14(16)17-3/h6-7,9H,8H2,1-3H3. The van der Waals surface area contributed by atoms with E-state index in [9.17, 15) is 9.59 Å². The van der Waals surface area contributed by atoms with Crippen LogP contribution in [-0.2, 0) is 9.53 Å². The van der Waals surface area contributed by atoms with Gasteiger partial charge >= 0.3 is 5.97 Å². The van der Waals surface area contributed by atoms with E-state index >= 15 is 0 Å². The van der Waals surface area contributed by atoms with Crippen molar-refractivity contribution in [1.29, 1.82) is 0 Å². The Labute approximate surface area is 111 Å². The highest BCUT2D eigenvalue weighted by Crippen LogP contribution is 2.11. The molecule has 0 aliphatic heterocycles. The Kier molecular flexibility index (Phi) is 5.47. The minimum absolute atomic E-state index is 0.0449. The second-order valence-electron chi connectivity index (χ2n) is 3.60. The maximum absolute atomic E-state index is 11.5. The van der Waals surface area contributed by atoms with Crippen molar-refractivity contribution < 1.29 is 14.3 Å². The van der Waals surface area contributed by atoms with Crippen molar-refractivity contribution in [2.45, 2.75) is 13.8 Å². The van der Waals surface area contributed by atoms with Crippen molar-refractivity contribution in [3.63, 3.8) is 0 Å². The number of methoxy groups -OCH3 is 1. The molecule has 0 aromatic heterocycles. The molecule has 4 heteroatoms. The highest BCUT2D eigenvalue weighted by atomic mass is 32.2. The number of rotatable bonds is 2. The molecule has 1 aromatic carbocycles. The third-order valence-electron chi connectivity index (χ3n) is 2.22. The van der Waals surface area contributed by atoms with Gasteiger partial charge in [0.2, 0.25) is 0 Å². The van der Waals surface area contributed by atoms with Crippen molar-refractivity contribution in [2.24, 2.45) is 0 Å². The molecule has 0 heterocycles. The number of aryl methyl sites for hydroxylation is 1. The molecule has 0 radical (unpaired) electrons. The van der Waals surface area contributed by atoms with Gasteiger partial charge in [0.15, 0.2) is 5.12 Å². The predicted molar refractivity (Wildman–Crippen MR) is 72.5 cm³/mol. The molecule has 3 nitrogen and oxygen atoms in total. The van der Waals surface area contributed by atoms with E-state index < -0.39 is 0 Å². The third-order valence-corrected chi connectivity index (χ3v) is 2.92. The molecule has 0 saturated heterocycles. The van der Waals surface area contributed by atoms with Crippen LogP contribution in [-0.4, -0.2) is 23.9 Å². The Morgan fingerprint density at radius 2 is 2.11 bits per heavy atom. The van der Waals surface area contributed by atoms with Crippen LogP contribution in [0.15, 0.2) is 18.2 Å². The zero-order valence-electron chi connectivity index (χ0n) is 10.6. The zero-order chi connectivity index (χ0) is 13.5. The first-order valence-corrected chi connectivity index (χ1v) is 6.34. The number of hydrogen-bond acceptors (Lipinski definition) is 4. The van der Waals surface area contributed by atoms with Gasteiger partial charge in [-0.1, -0.05) is 29.7 Å². The molecule has 0 spiro atoms. The highest BCUT2D eigenvalue weighted by Gasteiger charge is 2.08. The van der Waals surface area contributed by atoms with E-state index in [-0.39, 0.29) is 11.1 Å². The van der Waals surface area contributed by atoms with Crippen LogP contribution in [0.2, 0.25) is 0 Å². The third kappa shape index (κ3) is 4.27. The molecule has 0 aliphatic carbocycles. The van der Waals surface area contributed by atoms with Gasteiger partial charge in [-0.2, -0.15) is 0 Å². The average molecular weight is 262 g/mol. The van der Waals surface area contributed by atoms with E-state index in [1.54, 1.807) is 6.07 Å².